The number of carboxylic acid groups (broad SMARTS) is 1. The summed E-state index contributed by atoms with van der Waals surface area (Å²) in [6.45, 7) is 3.90. The van der Waals surface area contributed by atoms with E-state index in [0.29, 0.717) is 5.56 Å². The highest BCUT2D eigenvalue weighted by Gasteiger charge is 2.29. The molecule has 0 radical (unpaired) electrons. The number of aromatic nitrogens is 2. The van der Waals surface area contributed by atoms with Gasteiger partial charge in [0.25, 0.3) is 5.56 Å². The zero-order valence-corrected chi connectivity index (χ0v) is 9.49. The maximum absolute atomic E-state index is 12.0. The second kappa shape index (κ2) is 3.81. The summed E-state index contributed by atoms with van der Waals surface area (Å²) in [4.78, 5) is 22.7. The Kier molecular flexibility index (Phi) is 2.61. The van der Waals surface area contributed by atoms with E-state index in [0.717, 1.165) is 18.5 Å². The molecule has 16 heavy (non-hydrogen) atoms. The lowest BCUT2D eigenvalue weighted by Crippen LogP contribution is -2.19. The summed E-state index contributed by atoms with van der Waals surface area (Å²) in [5.41, 5.74) is 1.02. The van der Waals surface area contributed by atoms with Crippen LogP contribution in [0.5, 0.6) is 0 Å². The molecule has 1 saturated carbocycles. The molecular weight excluding hydrogens is 208 g/mol. The molecular formula is C11H16N2O3. The van der Waals surface area contributed by atoms with Gasteiger partial charge < -0.3 is 5.11 Å². The van der Waals surface area contributed by atoms with Gasteiger partial charge in [-0.15, -0.1) is 0 Å². The van der Waals surface area contributed by atoms with Crippen LogP contribution in [-0.4, -0.2) is 20.9 Å². The zero-order chi connectivity index (χ0) is 11.9. The molecule has 0 atom stereocenters. The van der Waals surface area contributed by atoms with Crippen molar-refractivity contribution in [3.05, 3.63) is 21.6 Å². The third kappa shape index (κ3) is 1.89. The molecule has 2 N–H and O–H groups in total. The van der Waals surface area contributed by atoms with Gasteiger partial charge in [0.05, 0.1) is 18.0 Å². The van der Waals surface area contributed by atoms with Crippen LogP contribution in [0.3, 0.4) is 0 Å². The van der Waals surface area contributed by atoms with Crippen LogP contribution in [0.4, 0.5) is 0 Å². The second-order valence-corrected chi connectivity index (χ2v) is 4.64. The number of hydrogen-bond donors (Lipinski definition) is 2. The van der Waals surface area contributed by atoms with Crippen LogP contribution in [0, 0.1) is 0 Å². The molecule has 1 heterocycles. The monoisotopic (exact) mass is 224 g/mol. The SMILES string of the molecule is CC(C)c1[nH]n(C2CC2)c(=O)c1CC(=O)O. The Morgan fingerprint density at radius 1 is 1.56 bits per heavy atom. The second-order valence-electron chi connectivity index (χ2n) is 4.64. The molecule has 0 unspecified atom stereocenters. The van der Waals surface area contributed by atoms with Crippen LogP contribution in [0.2, 0.25) is 0 Å². The van der Waals surface area contributed by atoms with E-state index in [1.54, 1.807) is 4.68 Å². The molecule has 0 spiro atoms. The minimum Gasteiger partial charge on any atom is -0.481 e. The van der Waals surface area contributed by atoms with E-state index in [2.05, 4.69) is 5.10 Å². The Balaban J connectivity index is 2.45. The Bertz CT molecular complexity index is 466. The van der Waals surface area contributed by atoms with E-state index < -0.39 is 5.97 Å². The number of rotatable bonds is 4. The van der Waals surface area contributed by atoms with Crippen LogP contribution < -0.4 is 5.56 Å². The Morgan fingerprint density at radius 3 is 2.62 bits per heavy atom. The van der Waals surface area contributed by atoms with E-state index >= 15 is 0 Å². The van der Waals surface area contributed by atoms with Crippen LogP contribution in [-0.2, 0) is 11.2 Å². The van der Waals surface area contributed by atoms with Crippen molar-refractivity contribution in [2.75, 3.05) is 0 Å². The fourth-order valence-electron chi connectivity index (χ4n) is 1.90. The number of nitrogens with zero attached hydrogens (tertiary/aromatic N) is 1. The van der Waals surface area contributed by atoms with Gasteiger partial charge >= 0.3 is 5.97 Å². The summed E-state index contributed by atoms with van der Waals surface area (Å²) in [6.07, 6.45) is 1.82. The summed E-state index contributed by atoms with van der Waals surface area (Å²) >= 11 is 0. The summed E-state index contributed by atoms with van der Waals surface area (Å²) in [6, 6.07) is 0.257. The molecule has 0 bridgehead atoms. The van der Waals surface area contributed by atoms with E-state index in [-0.39, 0.29) is 23.9 Å². The van der Waals surface area contributed by atoms with Crippen LogP contribution in [0.25, 0.3) is 0 Å². The highest BCUT2D eigenvalue weighted by molar-refractivity contribution is 5.70. The zero-order valence-electron chi connectivity index (χ0n) is 9.49. The number of aromatic amines is 1. The average Bonchev–Trinajstić information content (AvgIpc) is 2.95. The molecule has 0 aromatic carbocycles. The molecule has 1 aromatic rings. The molecule has 5 heteroatoms. The topological polar surface area (TPSA) is 75.1 Å². The van der Waals surface area contributed by atoms with Gasteiger partial charge in [-0.2, -0.15) is 0 Å². The number of H-pyrrole nitrogens is 1. The molecule has 0 amide bonds. The molecule has 1 aliphatic rings. The molecule has 1 aliphatic carbocycles. The maximum atomic E-state index is 12.0. The van der Waals surface area contributed by atoms with Crippen molar-refractivity contribution in [2.45, 2.75) is 45.1 Å². The van der Waals surface area contributed by atoms with E-state index in [9.17, 15) is 9.59 Å². The smallest absolute Gasteiger partial charge is 0.308 e. The molecule has 2 rings (SSSR count). The lowest BCUT2D eigenvalue weighted by molar-refractivity contribution is -0.136. The van der Waals surface area contributed by atoms with Crippen molar-refractivity contribution in [3.63, 3.8) is 0 Å². The Labute approximate surface area is 93.1 Å². The van der Waals surface area contributed by atoms with Gasteiger partial charge in [0.1, 0.15) is 0 Å². The summed E-state index contributed by atoms with van der Waals surface area (Å²) in [5, 5.41) is 11.9. The third-order valence-electron chi connectivity index (χ3n) is 2.86. The average molecular weight is 224 g/mol. The number of carbonyl (C=O) groups is 1. The van der Waals surface area contributed by atoms with Gasteiger partial charge in [-0.3, -0.25) is 14.7 Å². The van der Waals surface area contributed by atoms with Crippen LogP contribution >= 0.6 is 0 Å². The molecule has 1 aromatic heterocycles. The van der Waals surface area contributed by atoms with Crippen LogP contribution in [0.15, 0.2) is 4.79 Å². The van der Waals surface area contributed by atoms with E-state index in [1.165, 1.54) is 0 Å². The van der Waals surface area contributed by atoms with Gasteiger partial charge in [-0.1, -0.05) is 13.8 Å². The van der Waals surface area contributed by atoms with Gasteiger partial charge in [0.2, 0.25) is 0 Å². The lowest BCUT2D eigenvalue weighted by Gasteiger charge is -2.03. The van der Waals surface area contributed by atoms with Gasteiger partial charge in [0, 0.05) is 5.69 Å². The summed E-state index contributed by atoms with van der Waals surface area (Å²) in [7, 11) is 0. The number of carboxylic acids is 1. The predicted octanol–water partition coefficient (Wildman–Crippen LogP) is 1.26. The first-order valence-electron chi connectivity index (χ1n) is 5.55. The highest BCUT2D eigenvalue weighted by atomic mass is 16.4. The van der Waals surface area contributed by atoms with Crippen molar-refractivity contribution >= 4 is 5.97 Å². The fourth-order valence-corrected chi connectivity index (χ4v) is 1.90. The molecule has 5 nitrogen and oxygen atoms in total. The lowest BCUT2D eigenvalue weighted by atomic mass is 10.0. The first-order valence-corrected chi connectivity index (χ1v) is 5.55. The largest absolute Gasteiger partial charge is 0.481 e. The van der Waals surface area contributed by atoms with Crippen molar-refractivity contribution < 1.29 is 9.90 Å². The molecule has 1 fully saturated rings. The van der Waals surface area contributed by atoms with E-state index in [4.69, 9.17) is 5.11 Å². The number of aliphatic carboxylic acids is 1. The van der Waals surface area contributed by atoms with Crippen molar-refractivity contribution in [1.82, 2.24) is 9.78 Å². The first kappa shape index (κ1) is 11.0. The minimum atomic E-state index is -0.957. The van der Waals surface area contributed by atoms with Crippen molar-refractivity contribution in [1.29, 1.82) is 0 Å². The summed E-state index contributed by atoms with van der Waals surface area (Å²) in [5.74, 6) is -0.817. The first-order chi connectivity index (χ1) is 7.50. The number of hydrogen-bond acceptors (Lipinski definition) is 2. The van der Waals surface area contributed by atoms with Crippen molar-refractivity contribution in [2.24, 2.45) is 0 Å². The van der Waals surface area contributed by atoms with Crippen molar-refractivity contribution in [3.8, 4) is 0 Å². The van der Waals surface area contributed by atoms with E-state index in [1.807, 2.05) is 13.8 Å². The fraction of sp³-hybridized carbons (Fsp3) is 0.636. The third-order valence-corrected chi connectivity index (χ3v) is 2.86. The predicted molar refractivity (Wildman–Crippen MR) is 58.8 cm³/mol. The quantitative estimate of drug-likeness (QED) is 0.808. The minimum absolute atomic E-state index is 0.141. The van der Waals surface area contributed by atoms with Gasteiger partial charge in [0.15, 0.2) is 0 Å². The maximum Gasteiger partial charge on any atom is 0.308 e. The number of nitrogens with one attached hydrogen (secondary N) is 1. The highest BCUT2D eigenvalue weighted by Crippen LogP contribution is 2.33. The molecule has 0 saturated heterocycles. The van der Waals surface area contributed by atoms with Gasteiger partial charge in [-0.05, 0) is 18.8 Å². The normalized spacial score (nSPS) is 15.7. The molecule has 88 valence electrons. The molecule has 0 aliphatic heterocycles. The summed E-state index contributed by atoms with van der Waals surface area (Å²) < 4.78 is 1.59. The Hall–Kier alpha value is -1.52. The van der Waals surface area contributed by atoms with Crippen LogP contribution in [0.1, 0.15) is 49.9 Å². The standard InChI is InChI=1S/C11H16N2O3/c1-6(2)10-8(5-9(14)15)11(16)13(12-10)7-3-4-7/h6-7,12H,3-5H2,1-2H3,(H,14,15). The Morgan fingerprint density at radius 2 is 2.19 bits per heavy atom. The van der Waals surface area contributed by atoms with Gasteiger partial charge in [-0.25, -0.2) is 4.68 Å².